The summed E-state index contributed by atoms with van der Waals surface area (Å²) < 4.78 is 16.7. The molecule has 41 heavy (non-hydrogen) atoms. The SMILES string of the molecule is C=CC(=O)CC(COCCCCOc1ccc(-c2ccc(C#Cc3ccc(CC)cc3)cc2)cc1)COC(=O)C=C. The van der Waals surface area contributed by atoms with Gasteiger partial charge in [-0.05, 0) is 78.4 Å². The van der Waals surface area contributed by atoms with Crippen molar-refractivity contribution in [2.24, 2.45) is 5.92 Å². The molecule has 212 valence electrons. The molecular formula is C36H38O5. The van der Waals surface area contributed by atoms with Crippen molar-refractivity contribution in [3.8, 4) is 28.7 Å². The summed E-state index contributed by atoms with van der Waals surface area (Å²) in [5.41, 5.74) is 5.55. The first kappa shape index (κ1) is 31.1. The second-order valence-electron chi connectivity index (χ2n) is 9.61. The predicted octanol–water partition coefficient (Wildman–Crippen LogP) is 6.98. The van der Waals surface area contributed by atoms with E-state index in [4.69, 9.17) is 14.2 Å². The maximum absolute atomic E-state index is 11.7. The van der Waals surface area contributed by atoms with Gasteiger partial charge in [0.15, 0.2) is 5.78 Å². The van der Waals surface area contributed by atoms with Crippen LogP contribution >= 0.6 is 0 Å². The minimum Gasteiger partial charge on any atom is -0.494 e. The molecule has 0 aliphatic rings. The summed E-state index contributed by atoms with van der Waals surface area (Å²) in [4.78, 5) is 23.0. The maximum atomic E-state index is 11.7. The van der Waals surface area contributed by atoms with E-state index in [0.29, 0.717) is 19.8 Å². The number of ether oxygens (including phenoxy) is 3. The van der Waals surface area contributed by atoms with Crippen molar-refractivity contribution in [1.82, 2.24) is 0 Å². The molecule has 1 atom stereocenters. The van der Waals surface area contributed by atoms with E-state index in [-0.39, 0.29) is 24.7 Å². The Morgan fingerprint density at radius 2 is 1.37 bits per heavy atom. The lowest BCUT2D eigenvalue weighted by atomic mass is 10.0. The number of aryl methyl sites for hydroxylation is 1. The zero-order valence-corrected chi connectivity index (χ0v) is 23.8. The lowest BCUT2D eigenvalue weighted by Crippen LogP contribution is -2.21. The van der Waals surface area contributed by atoms with Crippen molar-refractivity contribution in [3.05, 3.63) is 115 Å². The molecular weight excluding hydrogens is 512 g/mol. The van der Waals surface area contributed by atoms with Gasteiger partial charge in [-0.1, -0.05) is 68.3 Å². The van der Waals surface area contributed by atoms with Gasteiger partial charge >= 0.3 is 5.97 Å². The van der Waals surface area contributed by atoms with E-state index in [9.17, 15) is 9.59 Å². The zero-order chi connectivity index (χ0) is 29.3. The Labute approximate surface area is 243 Å². The fourth-order valence-corrected chi connectivity index (χ4v) is 4.00. The molecule has 3 rings (SSSR count). The van der Waals surface area contributed by atoms with Crippen molar-refractivity contribution < 1.29 is 23.8 Å². The number of ketones is 1. The topological polar surface area (TPSA) is 61.8 Å². The zero-order valence-electron chi connectivity index (χ0n) is 23.8. The molecule has 0 spiro atoms. The van der Waals surface area contributed by atoms with Gasteiger partial charge in [0.05, 0.1) is 19.8 Å². The summed E-state index contributed by atoms with van der Waals surface area (Å²) in [6.45, 7) is 10.6. The molecule has 0 saturated carbocycles. The number of rotatable bonds is 16. The van der Waals surface area contributed by atoms with Gasteiger partial charge in [-0.3, -0.25) is 4.79 Å². The van der Waals surface area contributed by atoms with Gasteiger partial charge in [-0.15, -0.1) is 0 Å². The van der Waals surface area contributed by atoms with E-state index >= 15 is 0 Å². The minimum absolute atomic E-state index is 0.107. The first-order chi connectivity index (χ1) is 20.0. The molecule has 0 heterocycles. The molecule has 5 nitrogen and oxygen atoms in total. The highest BCUT2D eigenvalue weighted by atomic mass is 16.5. The number of allylic oxidation sites excluding steroid dienone is 1. The third-order valence-electron chi connectivity index (χ3n) is 6.44. The summed E-state index contributed by atoms with van der Waals surface area (Å²) >= 11 is 0. The average Bonchev–Trinajstić information content (AvgIpc) is 3.02. The van der Waals surface area contributed by atoms with Crippen LogP contribution in [-0.4, -0.2) is 38.2 Å². The molecule has 1 unspecified atom stereocenters. The third-order valence-corrected chi connectivity index (χ3v) is 6.44. The lowest BCUT2D eigenvalue weighted by Gasteiger charge is -2.15. The maximum Gasteiger partial charge on any atom is 0.330 e. The third kappa shape index (κ3) is 11.3. The van der Waals surface area contributed by atoms with Crippen molar-refractivity contribution in [1.29, 1.82) is 0 Å². The van der Waals surface area contributed by atoms with Crippen LogP contribution < -0.4 is 4.74 Å². The molecule has 0 aromatic heterocycles. The Morgan fingerprint density at radius 1 is 0.780 bits per heavy atom. The molecule has 5 heteroatoms. The molecule has 0 saturated heterocycles. The standard InChI is InChI=1S/C36H38O5/c1-4-28-9-11-29(12-10-28)13-14-30-15-17-32(18-16-30)33-19-21-35(22-20-33)40-24-8-7-23-39-26-31(25-34(37)5-2)27-41-36(38)6-3/h5-6,9-12,15-22,31H,2-4,7-8,23-27H2,1H3. The van der Waals surface area contributed by atoms with E-state index < -0.39 is 5.97 Å². The van der Waals surface area contributed by atoms with Crippen molar-refractivity contribution in [3.63, 3.8) is 0 Å². The Morgan fingerprint density at radius 3 is 1.95 bits per heavy atom. The summed E-state index contributed by atoms with van der Waals surface area (Å²) in [5, 5.41) is 0. The van der Waals surface area contributed by atoms with Gasteiger partial charge < -0.3 is 14.2 Å². The fraction of sp³-hybridized carbons (Fsp3) is 0.278. The summed E-state index contributed by atoms with van der Waals surface area (Å²) in [7, 11) is 0. The quantitative estimate of drug-likeness (QED) is 0.0833. The molecule has 0 aliphatic carbocycles. The average molecular weight is 551 g/mol. The Balaban J connectivity index is 1.37. The minimum atomic E-state index is -0.515. The van der Waals surface area contributed by atoms with Crippen molar-refractivity contribution >= 4 is 11.8 Å². The Bertz CT molecular complexity index is 1330. The van der Waals surface area contributed by atoms with E-state index in [2.05, 4.69) is 80.5 Å². The number of benzene rings is 3. The number of hydrogen-bond donors (Lipinski definition) is 0. The van der Waals surface area contributed by atoms with Crippen LogP contribution in [0.4, 0.5) is 0 Å². The highest BCUT2D eigenvalue weighted by Gasteiger charge is 2.14. The number of unbranched alkanes of at least 4 members (excludes halogenated alkanes) is 1. The highest BCUT2D eigenvalue weighted by molar-refractivity contribution is 5.89. The van der Waals surface area contributed by atoms with Crippen molar-refractivity contribution in [2.75, 3.05) is 26.4 Å². The van der Waals surface area contributed by atoms with Crippen LogP contribution in [0.3, 0.4) is 0 Å². The van der Waals surface area contributed by atoms with Gasteiger partial charge in [0.25, 0.3) is 0 Å². The van der Waals surface area contributed by atoms with Gasteiger partial charge in [0.2, 0.25) is 0 Å². The van der Waals surface area contributed by atoms with Crippen molar-refractivity contribution in [2.45, 2.75) is 32.6 Å². The summed E-state index contributed by atoms with van der Waals surface area (Å²) in [6.07, 6.45) is 5.26. The van der Waals surface area contributed by atoms with Gasteiger partial charge in [0, 0.05) is 36.1 Å². The second kappa shape index (κ2) is 17.3. The van der Waals surface area contributed by atoms with Crippen LogP contribution in [0.5, 0.6) is 5.75 Å². The lowest BCUT2D eigenvalue weighted by molar-refractivity contribution is -0.140. The first-order valence-corrected chi connectivity index (χ1v) is 14.0. The van der Waals surface area contributed by atoms with Gasteiger partial charge in [0.1, 0.15) is 5.75 Å². The summed E-state index contributed by atoms with van der Waals surface area (Å²) in [5.74, 6) is 6.45. The molecule has 0 amide bonds. The number of esters is 1. The van der Waals surface area contributed by atoms with Crippen LogP contribution in [0.2, 0.25) is 0 Å². The number of carbonyl (C=O) groups excluding carboxylic acids is 2. The summed E-state index contributed by atoms with van der Waals surface area (Å²) in [6, 6.07) is 24.7. The smallest absolute Gasteiger partial charge is 0.330 e. The van der Waals surface area contributed by atoms with E-state index in [1.165, 1.54) is 11.6 Å². The van der Waals surface area contributed by atoms with E-state index in [1.807, 2.05) is 24.3 Å². The normalized spacial score (nSPS) is 11.0. The van der Waals surface area contributed by atoms with E-state index in [1.54, 1.807) is 0 Å². The fourth-order valence-electron chi connectivity index (χ4n) is 4.00. The van der Waals surface area contributed by atoms with Gasteiger partial charge in [-0.25, -0.2) is 4.79 Å². The molecule has 0 aliphatic heterocycles. The molecule has 0 N–H and O–H groups in total. The van der Waals surface area contributed by atoms with Crippen LogP contribution in [0.25, 0.3) is 11.1 Å². The van der Waals surface area contributed by atoms with Crippen LogP contribution in [-0.2, 0) is 25.5 Å². The Hall–Kier alpha value is -4.40. The largest absolute Gasteiger partial charge is 0.494 e. The molecule has 0 radical (unpaired) electrons. The molecule has 0 fully saturated rings. The Kier molecular flexibility index (Phi) is 13.2. The first-order valence-electron chi connectivity index (χ1n) is 14.0. The monoisotopic (exact) mass is 550 g/mol. The number of hydrogen-bond acceptors (Lipinski definition) is 5. The molecule has 3 aromatic rings. The van der Waals surface area contributed by atoms with Crippen LogP contribution in [0.15, 0.2) is 98.1 Å². The second-order valence-corrected chi connectivity index (χ2v) is 9.61. The highest BCUT2D eigenvalue weighted by Crippen LogP contribution is 2.23. The molecule has 0 bridgehead atoms. The van der Waals surface area contributed by atoms with Gasteiger partial charge in [-0.2, -0.15) is 0 Å². The van der Waals surface area contributed by atoms with Crippen LogP contribution in [0, 0.1) is 17.8 Å². The van der Waals surface area contributed by atoms with E-state index in [0.717, 1.165) is 53.3 Å². The number of carbonyl (C=O) groups is 2. The molecule has 3 aromatic carbocycles. The van der Waals surface area contributed by atoms with Crippen LogP contribution in [0.1, 0.15) is 42.9 Å². The predicted molar refractivity (Wildman–Crippen MR) is 164 cm³/mol.